The lowest BCUT2D eigenvalue weighted by Crippen LogP contribution is -3.00. The monoisotopic (exact) mass is 365 g/mol. The van der Waals surface area contributed by atoms with Crippen molar-refractivity contribution in [3.05, 3.63) is 54.2 Å². The summed E-state index contributed by atoms with van der Waals surface area (Å²) in [6.07, 6.45) is 3.13. The predicted molar refractivity (Wildman–Crippen MR) is 75.5 cm³/mol. The fourth-order valence-corrected chi connectivity index (χ4v) is 2.78. The highest BCUT2D eigenvalue weighted by atomic mass is 79.9. The molecule has 1 N–H and O–H groups in total. The number of halogens is 2. The van der Waals surface area contributed by atoms with Gasteiger partial charge in [-0.1, -0.05) is 46.3 Å². The zero-order valence-electron chi connectivity index (χ0n) is 9.79. The summed E-state index contributed by atoms with van der Waals surface area (Å²) in [6, 6.07) is 15.0. The topological polar surface area (TPSA) is 14.1 Å². The van der Waals surface area contributed by atoms with Gasteiger partial charge < -0.3 is 17.0 Å². The van der Waals surface area contributed by atoms with Crippen LogP contribution in [0.1, 0.15) is 5.56 Å². The molecule has 0 saturated carbocycles. The predicted octanol–water partition coefficient (Wildman–Crippen LogP) is 0.748. The average molecular weight is 367 g/mol. The van der Waals surface area contributed by atoms with Crippen molar-refractivity contribution in [1.82, 2.24) is 0 Å². The molecule has 3 aromatic rings. The molecule has 0 aliphatic carbocycles. The SMILES string of the molecule is BrCCc1cccc2[nH+]cc3ccccc3c12.[Br-]. The first-order valence-electron chi connectivity index (χ1n) is 5.77. The second-order valence-electron chi connectivity index (χ2n) is 4.15. The third kappa shape index (κ3) is 2.29. The lowest BCUT2D eigenvalue weighted by molar-refractivity contribution is -0.342. The van der Waals surface area contributed by atoms with Crippen LogP contribution in [0, 0.1) is 0 Å². The molecule has 0 bridgehead atoms. The fraction of sp³-hybridized carbons (Fsp3) is 0.133. The average Bonchev–Trinajstić information content (AvgIpc) is 2.39. The summed E-state index contributed by atoms with van der Waals surface area (Å²) in [5.74, 6) is 0. The van der Waals surface area contributed by atoms with E-state index in [4.69, 9.17) is 0 Å². The second-order valence-corrected chi connectivity index (χ2v) is 4.95. The highest BCUT2D eigenvalue weighted by Gasteiger charge is 2.09. The quantitative estimate of drug-likeness (QED) is 0.469. The van der Waals surface area contributed by atoms with Crippen LogP contribution in [0.2, 0.25) is 0 Å². The molecule has 0 fully saturated rings. The molecule has 1 heterocycles. The molecule has 92 valence electrons. The van der Waals surface area contributed by atoms with Gasteiger partial charge >= 0.3 is 0 Å². The van der Waals surface area contributed by atoms with Crippen LogP contribution < -0.4 is 22.0 Å². The zero-order valence-corrected chi connectivity index (χ0v) is 13.0. The Balaban J connectivity index is 0.00000120. The maximum absolute atomic E-state index is 3.53. The molecular formula is C15H13Br2N. The van der Waals surface area contributed by atoms with E-state index in [1.807, 2.05) is 0 Å². The van der Waals surface area contributed by atoms with Gasteiger partial charge in [-0.15, -0.1) is 0 Å². The zero-order chi connectivity index (χ0) is 11.7. The van der Waals surface area contributed by atoms with Gasteiger partial charge in [-0.2, -0.15) is 0 Å². The number of nitrogens with one attached hydrogen (secondary N) is 1. The Morgan fingerprint density at radius 1 is 1.00 bits per heavy atom. The summed E-state index contributed by atoms with van der Waals surface area (Å²) in [5.41, 5.74) is 2.61. The highest BCUT2D eigenvalue weighted by molar-refractivity contribution is 9.09. The Kier molecular flexibility index (Phi) is 4.36. The summed E-state index contributed by atoms with van der Waals surface area (Å²) >= 11 is 3.53. The van der Waals surface area contributed by atoms with Crippen molar-refractivity contribution in [2.24, 2.45) is 0 Å². The summed E-state index contributed by atoms with van der Waals surface area (Å²) in [6.45, 7) is 0. The van der Waals surface area contributed by atoms with Gasteiger partial charge in [-0.25, -0.2) is 4.98 Å². The minimum atomic E-state index is 0. The number of alkyl halides is 1. The van der Waals surface area contributed by atoms with Gasteiger partial charge in [0, 0.05) is 22.2 Å². The number of hydrogen-bond acceptors (Lipinski definition) is 0. The molecule has 2 aromatic carbocycles. The number of H-pyrrole nitrogens is 1. The van der Waals surface area contributed by atoms with E-state index in [0.717, 1.165) is 11.8 Å². The molecular weight excluding hydrogens is 354 g/mol. The van der Waals surface area contributed by atoms with Crippen molar-refractivity contribution >= 4 is 37.6 Å². The molecule has 0 aliphatic heterocycles. The fourth-order valence-electron chi connectivity index (χ4n) is 2.35. The first kappa shape index (κ1) is 13.5. The molecule has 3 rings (SSSR count). The Morgan fingerprint density at radius 3 is 2.67 bits per heavy atom. The van der Waals surface area contributed by atoms with Gasteiger partial charge in [0.25, 0.3) is 0 Å². The van der Waals surface area contributed by atoms with Gasteiger partial charge in [0.2, 0.25) is 5.52 Å². The number of fused-ring (bicyclic) bond motifs is 3. The molecule has 0 unspecified atom stereocenters. The number of pyridine rings is 1. The number of benzene rings is 2. The van der Waals surface area contributed by atoms with Crippen LogP contribution in [-0.2, 0) is 6.42 Å². The number of aromatic amines is 1. The lowest BCUT2D eigenvalue weighted by atomic mass is 10.0. The maximum atomic E-state index is 3.53. The Bertz CT molecular complexity index is 679. The van der Waals surface area contributed by atoms with Gasteiger partial charge in [-0.05, 0) is 18.1 Å². The van der Waals surface area contributed by atoms with Crippen molar-refractivity contribution in [2.45, 2.75) is 6.42 Å². The number of aryl methyl sites for hydroxylation is 1. The number of rotatable bonds is 2. The van der Waals surface area contributed by atoms with Crippen LogP contribution in [0.3, 0.4) is 0 Å². The first-order chi connectivity index (χ1) is 8.40. The van der Waals surface area contributed by atoms with Crippen LogP contribution in [0.15, 0.2) is 48.7 Å². The molecule has 0 saturated heterocycles. The maximum Gasteiger partial charge on any atom is 0.211 e. The molecule has 0 aliphatic rings. The Morgan fingerprint density at radius 2 is 1.83 bits per heavy atom. The van der Waals surface area contributed by atoms with Gasteiger partial charge in [0.15, 0.2) is 6.20 Å². The van der Waals surface area contributed by atoms with E-state index in [2.05, 4.69) is 69.6 Å². The molecule has 18 heavy (non-hydrogen) atoms. The van der Waals surface area contributed by atoms with E-state index in [1.54, 1.807) is 0 Å². The molecule has 3 heteroatoms. The van der Waals surface area contributed by atoms with Gasteiger partial charge in [0.1, 0.15) is 0 Å². The Labute approximate surface area is 125 Å². The second kappa shape index (κ2) is 5.81. The van der Waals surface area contributed by atoms with Crippen molar-refractivity contribution in [1.29, 1.82) is 0 Å². The van der Waals surface area contributed by atoms with Crippen molar-refractivity contribution < 1.29 is 22.0 Å². The minimum Gasteiger partial charge on any atom is -1.00 e. The smallest absolute Gasteiger partial charge is 0.211 e. The van der Waals surface area contributed by atoms with Gasteiger partial charge in [0.05, 0.1) is 5.39 Å². The summed E-state index contributed by atoms with van der Waals surface area (Å²) < 4.78 is 0. The largest absolute Gasteiger partial charge is 1.00 e. The van der Waals surface area contributed by atoms with Gasteiger partial charge in [-0.3, -0.25) is 0 Å². The molecule has 1 aromatic heterocycles. The van der Waals surface area contributed by atoms with Crippen LogP contribution in [0.4, 0.5) is 0 Å². The summed E-state index contributed by atoms with van der Waals surface area (Å²) in [7, 11) is 0. The minimum absolute atomic E-state index is 0. The van der Waals surface area contributed by atoms with E-state index in [9.17, 15) is 0 Å². The Hall–Kier alpha value is -0.930. The normalized spacial score (nSPS) is 10.5. The third-order valence-electron chi connectivity index (χ3n) is 3.13. The first-order valence-corrected chi connectivity index (χ1v) is 6.89. The van der Waals surface area contributed by atoms with Crippen molar-refractivity contribution in [3.63, 3.8) is 0 Å². The lowest BCUT2D eigenvalue weighted by Gasteiger charge is -2.04. The standard InChI is InChI=1S/C15H12BrN.BrH/c16-9-8-11-5-3-7-14-15(11)13-6-2-1-4-12(13)10-17-14;/h1-7,10H,8-9H2;1H. The molecule has 0 atom stereocenters. The van der Waals surface area contributed by atoms with Crippen molar-refractivity contribution in [2.75, 3.05) is 5.33 Å². The van der Waals surface area contributed by atoms with E-state index >= 15 is 0 Å². The summed E-state index contributed by atoms with van der Waals surface area (Å²) in [4.78, 5) is 3.38. The van der Waals surface area contributed by atoms with Crippen LogP contribution >= 0.6 is 15.9 Å². The highest BCUT2D eigenvalue weighted by Crippen LogP contribution is 2.25. The van der Waals surface area contributed by atoms with Crippen LogP contribution in [-0.4, -0.2) is 5.33 Å². The summed E-state index contributed by atoms with van der Waals surface area (Å²) in [5, 5.41) is 4.94. The van der Waals surface area contributed by atoms with E-state index in [0.29, 0.717) is 0 Å². The van der Waals surface area contributed by atoms with E-state index in [1.165, 1.54) is 27.2 Å². The third-order valence-corrected chi connectivity index (χ3v) is 3.52. The molecule has 1 nitrogen and oxygen atoms in total. The van der Waals surface area contributed by atoms with E-state index < -0.39 is 0 Å². The van der Waals surface area contributed by atoms with Crippen LogP contribution in [0.25, 0.3) is 21.7 Å². The number of aromatic nitrogens is 1. The van der Waals surface area contributed by atoms with E-state index in [-0.39, 0.29) is 17.0 Å². The van der Waals surface area contributed by atoms with Crippen LogP contribution in [0.5, 0.6) is 0 Å². The molecule has 0 spiro atoms. The molecule has 0 amide bonds. The number of hydrogen-bond donors (Lipinski definition) is 0. The molecule has 0 radical (unpaired) electrons. The van der Waals surface area contributed by atoms with Crippen molar-refractivity contribution in [3.8, 4) is 0 Å².